The molecule has 2 aliphatic heterocycles. The molecule has 7 heteroatoms. The summed E-state index contributed by atoms with van der Waals surface area (Å²) in [6, 6.07) is 7.57. The van der Waals surface area contributed by atoms with Gasteiger partial charge in [-0.05, 0) is 43.5 Å². The van der Waals surface area contributed by atoms with Gasteiger partial charge < -0.3 is 19.7 Å². The number of ether oxygens (including phenoxy) is 2. The quantitative estimate of drug-likeness (QED) is 0.893. The van der Waals surface area contributed by atoms with Gasteiger partial charge in [0.1, 0.15) is 5.69 Å². The Kier molecular flexibility index (Phi) is 5.09. The Labute approximate surface area is 158 Å². The van der Waals surface area contributed by atoms with Gasteiger partial charge in [-0.25, -0.2) is 9.97 Å². The Morgan fingerprint density at radius 3 is 2.67 bits per heavy atom. The minimum absolute atomic E-state index is 0.00599. The monoisotopic (exact) mass is 368 g/mol. The van der Waals surface area contributed by atoms with Gasteiger partial charge in [0.25, 0.3) is 5.91 Å². The predicted molar refractivity (Wildman–Crippen MR) is 101 cm³/mol. The van der Waals surface area contributed by atoms with E-state index in [4.69, 9.17) is 9.47 Å². The maximum absolute atomic E-state index is 12.8. The average Bonchev–Trinajstić information content (AvgIpc) is 2.97. The molecule has 142 valence electrons. The first-order valence-corrected chi connectivity index (χ1v) is 9.46. The summed E-state index contributed by atoms with van der Waals surface area (Å²) in [5, 5.41) is 3.21. The Morgan fingerprint density at radius 2 is 1.85 bits per heavy atom. The minimum Gasteiger partial charge on any atom is -0.454 e. The number of aromatic nitrogens is 2. The van der Waals surface area contributed by atoms with Crippen molar-refractivity contribution in [3.05, 3.63) is 41.2 Å². The van der Waals surface area contributed by atoms with E-state index in [2.05, 4.69) is 15.3 Å². The molecule has 2 aromatic rings. The van der Waals surface area contributed by atoms with E-state index in [0.717, 1.165) is 48.7 Å². The van der Waals surface area contributed by atoms with E-state index >= 15 is 0 Å². The fourth-order valence-electron chi connectivity index (χ4n) is 3.42. The van der Waals surface area contributed by atoms with E-state index in [1.165, 1.54) is 12.8 Å². The van der Waals surface area contributed by atoms with E-state index in [1.54, 1.807) is 6.07 Å². The number of anilines is 1. The maximum atomic E-state index is 12.8. The highest BCUT2D eigenvalue weighted by Gasteiger charge is 2.20. The summed E-state index contributed by atoms with van der Waals surface area (Å²) in [6.07, 6.45) is 4.50. The lowest BCUT2D eigenvalue weighted by Crippen LogP contribution is -2.32. The molecule has 1 saturated heterocycles. The topological polar surface area (TPSA) is 76.6 Å². The third-order valence-corrected chi connectivity index (χ3v) is 4.85. The highest BCUT2D eigenvalue weighted by molar-refractivity contribution is 5.92. The number of rotatable bonds is 4. The summed E-state index contributed by atoms with van der Waals surface area (Å²) < 4.78 is 10.7. The number of likely N-dealkylation sites (tertiary alicyclic amines) is 1. The molecular weight excluding hydrogens is 344 g/mol. The number of nitrogens with zero attached hydrogens (tertiary/aromatic N) is 3. The number of nitrogens with one attached hydrogen (secondary N) is 1. The van der Waals surface area contributed by atoms with Crippen LogP contribution in [0.2, 0.25) is 0 Å². The van der Waals surface area contributed by atoms with Gasteiger partial charge in [-0.2, -0.15) is 0 Å². The molecule has 0 radical (unpaired) electrons. The molecule has 0 unspecified atom stereocenters. The molecule has 1 N–H and O–H groups in total. The van der Waals surface area contributed by atoms with E-state index in [1.807, 2.05) is 30.0 Å². The van der Waals surface area contributed by atoms with Crippen LogP contribution in [0.15, 0.2) is 24.3 Å². The van der Waals surface area contributed by atoms with Crippen molar-refractivity contribution in [2.24, 2.45) is 0 Å². The van der Waals surface area contributed by atoms with Crippen LogP contribution in [0.5, 0.6) is 11.5 Å². The zero-order valence-electron chi connectivity index (χ0n) is 15.5. The number of hydrogen-bond acceptors (Lipinski definition) is 6. The van der Waals surface area contributed by atoms with Crippen molar-refractivity contribution >= 4 is 11.9 Å². The first kappa shape index (κ1) is 17.6. The predicted octanol–water partition coefficient (Wildman–Crippen LogP) is 3.14. The van der Waals surface area contributed by atoms with Crippen molar-refractivity contribution in [2.75, 3.05) is 25.2 Å². The highest BCUT2D eigenvalue weighted by Crippen LogP contribution is 2.32. The molecule has 0 atom stereocenters. The SMILES string of the molecule is Cc1cc(C(=O)N2CCCCCC2)nc(NCc2ccc3c(c2)OCO3)n1. The van der Waals surface area contributed by atoms with Gasteiger partial charge in [0.15, 0.2) is 11.5 Å². The maximum Gasteiger partial charge on any atom is 0.272 e. The normalized spacial score (nSPS) is 16.1. The van der Waals surface area contributed by atoms with Gasteiger partial charge in [-0.15, -0.1) is 0 Å². The smallest absolute Gasteiger partial charge is 0.272 e. The summed E-state index contributed by atoms with van der Waals surface area (Å²) in [6.45, 7) is 4.29. The molecule has 0 spiro atoms. The second kappa shape index (κ2) is 7.82. The van der Waals surface area contributed by atoms with Crippen molar-refractivity contribution in [1.82, 2.24) is 14.9 Å². The highest BCUT2D eigenvalue weighted by atomic mass is 16.7. The summed E-state index contributed by atoms with van der Waals surface area (Å²) in [7, 11) is 0. The van der Waals surface area contributed by atoms with Crippen LogP contribution in [-0.2, 0) is 6.54 Å². The largest absolute Gasteiger partial charge is 0.454 e. The number of fused-ring (bicyclic) bond motifs is 1. The Morgan fingerprint density at radius 1 is 1.07 bits per heavy atom. The number of benzene rings is 1. The molecule has 1 amide bonds. The van der Waals surface area contributed by atoms with Crippen molar-refractivity contribution in [1.29, 1.82) is 0 Å². The molecule has 0 aliphatic carbocycles. The molecular formula is C20H24N4O3. The summed E-state index contributed by atoms with van der Waals surface area (Å²) >= 11 is 0. The molecule has 2 aliphatic rings. The number of carbonyl (C=O) groups is 1. The van der Waals surface area contributed by atoms with E-state index < -0.39 is 0 Å². The molecule has 1 aromatic heterocycles. The molecule has 0 saturated carbocycles. The van der Waals surface area contributed by atoms with Crippen LogP contribution in [0.25, 0.3) is 0 Å². The molecule has 4 rings (SSSR count). The lowest BCUT2D eigenvalue weighted by Gasteiger charge is -2.20. The van der Waals surface area contributed by atoms with E-state index in [-0.39, 0.29) is 12.7 Å². The van der Waals surface area contributed by atoms with Gasteiger partial charge in [-0.3, -0.25) is 4.79 Å². The van der Waals surface area contributed by atoms with E-state index in [0.29, 0.717) is 18.2 Å². The average molecular weight is 368 g/mol. The first-order chi connectivity index (χ1) is 13.2. The second-order valence-electron chi connectivity index (χ2n) is 6.97. The second-order valence-corrected chi connectivity index (χ2v) is 6.97. The fourth-order valence-corrected chi connectivity index (χ4v) is 3.42. The standard InChI is InChI=1S/C20H24N4O3/c1-14-10-16(19(25)24-8-4-2-3-5-9-24)23-20(22-14)21-12-15-6-7-17-18(11-15)27-13-26-17/h6-7,10-11H,2-5,8-9,12-13H2,1H3,(H,21,22,23). The Balaban J connectivity index is 1.46. The van der Waals surface area contributed by atoms with Crippen LogP contribution < -0.4 is 14.8 Å². The van der Waals surface area contributed by atoms with Gasteiger partial charge in [0, 0.05) is 25.3 Å². The lowest BCUT2D eigenvalue weighted by molar-refractivity contribution is 0.0755. The lowest BCUT2D eigenvalue weighted by atomic mass is 10.2. The van der Waals surface area contributed by atoms with E-state index in [9.17, 15) is 4.79 Å². The van der Waals surface area contributed by atoms with Crippen LogP contribution in [0, 0.1) is 6.92 Å². The van der Waals surface area contributed by atoms with Crippen molar-refractivity contribution in [3.8, 4) is 11.5 Å². The minimum atomic E-state index is -0.00599. The third kappa shape index (κ3) is 4.13. The third-order valence-electron chi connectivity index (χ3n) is 4.85. The molecule has 0 bridgehead atoms. The summed E-state index contributed by atoms with van der Waals surface area (Å²) in [5.74, 6) is 1.96. The summed E-state index contributed by atoms with van der Waals surface area (Å²) in [5.41, 5.74) is 2.26. The van der Waals surface area contributed by atoms with Crippen LogP contribution in [0.3, 0.4) is 0 Å². The zero-order chi connectivity index (χ0) is 18.6. The van der Waals surface area contributed by atoms with Gasteiger partial charge >= 0.3 is 0 Å². The van der Waals surface area contributed by atoms with Crippen molar-refractivity contribution < 1.29 is 14.3 Å². The fraction of sp³-hybridized carbons (Fsp3) is 0.450. The molecule has 1 aromatic carbocycles. The Hall–Kier alpha value is -2.83. The molecule has 27 heavy (non-hydrogen) atoms. The number of hydrogen-bond donors (Lipinski definition) is 1. The van der Waals surface area contributed by atoms with Crippen LogP contribution in [0.1, 0.15) is 47.4 Å². The summed E-state index contributed by atoms with van der Waals surface area (Å²) in [4.78, 5) is 23.6. The van der Waals surface area contributed by atoms with Crippen LogP contribution >= 0.6 is 0 Å². The molecule has 1 fully saturated rings. The first-order valence-electron chi connectivity index (χ1n) is 9.46. The zero-order valence-corrected chi connectivity index (χ0v) is 15.5. The van der Waals surface area contributed by atoms with Crippen LogP contribution in [0.4, 0.5) is 5.95 Å². The van der Waals surface area contributed by atoms with Gasteiger partial charge in [0.05, 0.1) is 0 Å². The van der Waals surface area contributed by atoms with Crippen LogP contribution in [-0.4, -0.2) is 40.7 Å². The molecule has 3 heterocycles. The molecule has 7 nitrogen and oxygen atoms in total. The van der Waals surface area contributed by atoms with Gasteiger partial charge in [-0.1, -0.05) is 18.9 Å². The number of aryl methyl sites for hydroxylation is 1. The number of amides is 1. The van der Waals surface area contributed by atoms with Crippen molar-refractivity contribution in [3.63, 3.8) is 0 Å². The van der Waals surface area contributed by atoms with Gasteiger partial charge in [0.2, 0.25) is 12.7 Å². The Bertz CT molecular complexity index is 832. The van der Waals surface area contributed by atoms with Crippen molar-refractivity contribution in [2.45, 2.75) is 39.2 Å². The number of carbonyl (C=O) groups excluding carboxylic acids is 1.